The van der Waals surface area contributed by atoms with Crippen molar-refractivity contribution in [2.45, 2.75) is 25.3 Å². The van der Waals surface area contributed by atoms with Gasteiger partial charge >= 0.3 is 6.36 Å². The Hall–Kier alpha value is -3.56. The fourth-order valence-electron chi connectivity index (χ4n) is 2.86. The molecule has 4 rings (SSSR count). The van der Waals surface area contributed by atoms with E-state index in [0.717, 1.165) is 5.69 Å². The maximum Gasteiger partial charge on any atom is 0.573 e. The maximum atomic E-state index is 12.3. The number of pyridine rings is 1. The molecule has 1 aliphatic heterocycles. The average Bonchev–Trinajstić information content (AvgIpc) is 3.33. The molecule has 0 amide bonds. The van der Waals surface area contributed by atoms with Gasteiger partial charge in [0.15, 0.2) is 5.60 Å². The van der Waals surface area contributed by atoms with Crippen molar-refractivity contribution >= 4 is 5.90 Å². The fraction of sp³-hybridized carbons (Fsp3) is 0.211. The first-order chi connectivity index (χ1) is 13.8. The Balaban J connectivity index is 1.40. The zero-order chi connectivity index (χ0) is 20.5. The van der Waals surface area contributed by atoms with Crippen molar-refractivity contribution in [1.29, 1.82) is 0 Å². The summed E-state index contributed by atoms with van der Waals surface area (Å²) in [5.41, 5.74) is 1.27. The van der Waals surface area contributed by atoms with E-state index in [4.69, 9.17) is 9.57 Å². The third-order valence-electron chi connectivity index (χ3n) is 4.28. The molecule has 1 aliphatic rings. The van der Waals surface area contributed by atoms with E-state index in [-0.39, 0.29) is 5.75 Å². The molecule has 0 aliphatic carbocycles. The summed E-state index contributed by atoms with van der Waals surface area (Å²) in [6, 6.07) is 10.8. The molecule has 1 aromatic carbocycles. The molecular weight excluding hydrogens is 389 g/mol. The van der Waals surface area contributed by atoms with Crippen molar-refractivity contribution in [2.24, 2.45) is 5.16 Å². The molecule has 0 unspecified atom stereocenters. The highest BCUT2D eigenvalue weighted by Crippen LogP contribution is 2.36. The van der Waals surface area contributed by atoms with Crippen LogP contribution in [0.1, 0.15) is 18.9 Å². The molecule has 0 saturated heterocycles. The fourth-order valence-corrected chi connectivity index (χ4v) is 2.86. The molecule has 0 bridgehead atoms. The van der Waals surface area contributed by atoms with Gasteiger partial charge in [0.05, 0.1) is 24.0 Å². The Kier molecular flexibility index (Phi) is 4.61. The lowest BCUT2D eigenvalue weighted by molar-refractivity contribution is -0.274. The molecule has 1 N–H and O–H groups in total. The van der Waals surface area contributed by atoms with Crippen LogP contribution in [0.25, 0.3) is 11.4 Å². The third-order valence-corrected chi connectivity index (χ3v) is 4.28. The Morgan fingerprint density at radius 2 is 1.83 bits per heavy atom. The van der Waals surface area contributed by atoms with Crippen molar-refractivity contribution in [1.82, 2.24) is 15.2 Å². The number of oxime groups is 1. The molecule has 10 heteroatoms. The molecule has 7 nitrogen and oxygen atoms in total. The summed E-state index contributed by atoms with van der Waals surface area (Å²) in [6.07, 6.45) is -1.25. The minimum atomic E-state index is -4.74. The van der Waals surface area contributed by atoms with Crippen LogP contribution in [-0.4, -0.2) is 27.4 Å². The van der Waals surface area contributed by atoms with Gasteiger partial charge in [-0.2, -0.15) is 5.10 Å². The van der Waals surface area contributed by atoms with Gasteiger partial charge in [0, 0.05) is 6.20 Å². The number of rotatable bonds is 4. The first-order valence-electron chi connectivity index (χ1n) is 8.56. The predicted octanol–water partition coefficient (Wildman–Crippen LogP) is 4.40. The Labute approximate surface area is 163 Å². The van der Waals surface area contributed by atoms with Crippen molar-refractivity contribution in [3.05, 3.63) is 60.4 Å². The quantitative estimate of drug-likeness (QED) is 0.697. The summed E-state index contributed by atoms with van der Waals surface area (Å²) in [7, 11) is 0. The largest absolute Gasteiger partial charge is 0.573 e. The zero-order valence-corrected chi connectivity index (χ0v) is 15.1. The molecule has 29 heavy (non-hydrogen) atoms. The van der Waals surface area contributed by atoms with Crippen LogP contribution in [0.4, 0.5) is 13.2 Å². The van der Waals surface area contributed by atoms with E-state index in [0.29, 0.717) is 29.3 Å². The van der Waals surface area contributed by atoms with Crippen LogP contribution >= 0.6 is 0 Å². The van der Waals surface area contributed by atoms with Crippen LogP contribution in [0.3, 0.4) is 0 Å². The summed E-state index contributed by atoms with van der Waals surface area (Å²) in [5.74, 6) is 0.511. The summed E-state index contributed by atoms with van der Waals surface area (Å²) >= 11 is 0. The first kappa shape index (κ1) is 18.8. The number of aromatic nitrogens is 3. The predicted molar refractivity (Wildman–Crippen MR) is 96.1 cm³/mol. The third kappa shape index (κ3) is 4.31. The highest BCUT2D eigenvalue weighted by Gasteiger charge is 2.38. The summed E-state index contributed by atoms with van der Waals surface area (Å²) in [5, 5.41) is 10.7. The first-order valence-corrected chi connectivity index (χ1v) is 8.56. The van der Waals surface area contributed by atoms with Gasteiger partial charge in [-0.25, -0.2) is 0 Å². The second-order valence-electron chi connectivity index (χ2n) is 6.51. The molecule has 0 fully saturated rings. The van der Waals surface area contributed by atoms with Gasteiger partial charge in [-0.05, 0) is 42.8 Å². The number of aromatic amines is 1. The molecule has 0 saturated carbocycles. The van der Waals surface area contributed by atoms with Crippen LogP contribution < -0.4 is 9.47 Å². The van der Waals surface area contributed by atoms with Crippen LogP contribution in [0.2, 0.25) is 0 Å². The number of H-pyrrole nitrogens is 1. The van der Waals surface area contributed by atoms with Gasteiger partial charge in [0.1, 0.15) is 11.5 Å². The Morgan fingerprint density at radius 3 is 2.45 bits per heavy atom. The Morgan fingerprint density at radius 1 is 1.07 bits per heavy atom. The van der Waals surface area contributed by atoms with E-state index < -0.39 is 12.0 Å². The Bertz CT molecular complexity index is 1000. The van der Waals surface area contributed by atoms with Crippen LogP contribution in [0, 0.1) is 0 Å². The maximum absolute atomic E-state index is 12.3. The number of ether oxygens (including phenoxy) is 2. The number of alkyl halides is 3. The standard InChI is InChI=1S/C19H15F3N4O3/c1-18(12-2-4-13(5-3-12)28-19(20,21)22)10-17(26-29-18)27-14-6-7-15(23-11-14)16-8-9-24-25-16/h2-9,11H,10H2,1H3,(H,24,25)/t18-/m0/s1. The number of nitrogens with one attached hydrogen (secondary N) is 1. The molecule has 1 atom stereocenters. The van der Waals surface area contributed by atoms with Crippen molar-refractivity contribution in [3.63, 3.8) is 0 Å². The second kappa shape index (κ2) is 7.12. The number of nitrogens with zero attached hydrogens (tertiary/aromatic N) is 3. The summed E-state index contributed by atoms with van der Waals surface area (Å²) in [6.45, 7) is 1.77. The average molecular weight is 404 g/mol. The lowest BCUT2D eigenvalue weighted by Crippen LogP contribution is -2.23. The van der Waals surface area contributed by atoms with E-state index in [2.05, 4.69) is 25.1 Å². The number of hydrogen-bond acceptors (Lipinski definition) is 6. The highest BCUT2D eigenvalue weighted by molar-refractivity contribution is 5.80. The lowest BCUT2D eigenvalue weighted by Gasteiger charge is -2.21. The van der Waals surface area contributed by atoms with Crippen molar-refractivity contribution in [2.75, 3.05) is 0 Å². The van der Waals surface area contributed by atoms with E-state index in [9.17, 15) is 13.2 Å². The van der Waals surface area contributed by atoms with Crippen molar-refractivity contribution in [3.8, 4) is 22.9 Å². The highest BCUT2D eigenvalue weighted by atomic mass is 19.4. The smallest absolute Gasteiger partial charge is 0.438 e. The van der Waals surface area contributed by atoms with E-state index in [1.165, 1.54) is 24.3 Å². The number of halogens is 3. The normalized spacial score (nSPS) is 18.8. The topological polar surface area (TPSA) is 81.6 Å². The molecule has 3 aromatic rings. The summed E-state index contributed by atoms with van der Waals surface area (Å²) in [4.78, 5) is 9.80. The second-order valence-corrected chi connectivity index (χ2v) is 6.51. The molecule has 0 radical (unpaired) electrons. The van der Waals surface area contributed by atoms with Crippen LogP contribution in [0.5, 0.6) is 11.5 Å². The van der Waals surface area contributed by atoms with Gasteiger partial charge in [-0.3, -0.25) is 10.1 Å². The monoisotopic (exact) mass is 404 g/mol. The van der Waals surface area contributed by atoms with E-state index in [1.807, 2.05) is 0 Å². The molecule has 150 valence electrons. The van der Waals surface area contributed by atoms with Gasteiger partial charge in [-0.1, -0.05) is 17.3 Å². The SMILES string of the molecule is C[C@@]1(c2ccc(OC(F)(F)F)cc2)CC(Oc2ccc(-c3ccn[nH]3)nc2)=NO1. The van der Waals surface area contributed by atoms with Crippen molar-refractivity contribution < 1.29 is 27.5 Å². The molecule has 0 spiro atoms. The minimum Gasteiger partial charge on any atom is -0.438 e. The van der Waals surface area contributed by atoms with E-state index in [1.54, 1.807) is 37.5 Å². The minimum absolute atomic E-state index is 0.300. The molecule has 3 heterocycles. The zero-order valence-electron chi connectivity index (χ0n) is 15.1. The molecule has 2 aromatic heterocycles. The summed E-state index contributed by atoms with van der Waals surface area (Å²) < 4.78 is 46.5. The molecular formula is C19H15F3N4O3. The lowest BCUT2D eigenvalue weighted by atomic mass is 9.93. The van der Waals surface area contributed by atoms with Crippen LogP contribution in [0.15, 0.2) is 60.0 Å². The van der Waals surface area contributed by atoms with E-state index >= 15 is 0 Å². The number of benzene rings is 1. The van der Waals surface area contributed by atoms with Crippen LogP contribution in [-0.2, 0) is 10.4 Å². The van der Waals surface area contributed by atoms with Gasteiger partial charge in [0.25, 0.3) is 0 Å². The van der Waals surface area contributed by atoms with Gasteiger partial charge in [0.2, 0.25) is 5.90 Å². The van der Waals surface area contributed by atoms with Gasteiger partial charge in [-0.15, -0.1) is 13.2 Å². The number of hydrogen-bond donors (Lipinski definition) is 1. The van der Waals surface area contributed by atoms with Gasteiger partial charge < -0.3 is 14.3 Å².